The molecule has 0 saturated carbocycles. The van der Waals surface area contributed by atoms with Crippen molar-refractivity contribution in [2.75, 3.05) is 59.1 Å². The van der Waals surface area contributed by atoms with Gasteiger partial charge in [0.25, 0.3) is 0 Å². The van der Waals surface area contributed by atoms with Gasteiger partial charge in [0.1, 0.15) is 30.3 Å². The Morgan fingerprint density at radius 3 is 2.26 bits per heavy atom. The van der Waals surface area contributed by atoms with E-state index in [1.807, 2.05) is 0 Å². The number of methoxy groups -OCH3 is 2. The van der Waals surface area contributed by atoms with Crippen LogP contribution in [0, 0.1) is 0 Å². The van der Waals surface area contributed by atoms with Crippen LogP contribution in [0.5, 0.6) is 11.5 Å². The molecule has 188 valence electrons. The van der Waals surface area contributed by atoms with Crippen molar-refractivity contribution in [2.45, 2.75) is 17.7 Å². The third kappa shape index (κ3) is 5.81. The van der Waals surface area contributed by atoms with E-state index in [9.17, 15) is 8.42 Å². The summed E-state index contributed by atoms with van der Waals surface area (Å²) in [6.45, 7) is 2.57. The summed E-state index contributed by atoms with van der Waals surface area (Å²) in [5.41, 5.74) is 1.07. The molecule has 1 saturated heterocycles. The predicted octanol–water partition coefficient (Wildman–Crippen LogP) is 3.21. The summed E-state index contributed by atoms with van der Waals surface area (Å²) in [6.07, 6.45) is 3.16. The van der Waals surface area contributed by atoms with Crippen LogP contribution in [0.3, 0.4) is 0 Å². The van der Waals surface area contributed by atoms with Gasteiger partial charge in [-0.2, -0.15) is 4.31 Å². The average molecular weight is 503 g/mol. The molecule has 0 atom stereocenters. The normalized spacial score (nSPS) is 14.3. The number of aromatic nitrogens is 2. The number of hydrogen-bond acceptors (Lipinski definition) is 9. The number of hydrogen-bond donors (Lipinski definition) is 1. The molecule has 35 heavy (non-hydrogen) atoms. The Morgan fingerprint density at radius 1 is 0.914 bits per heavy atom. The van der Waals surface area contributed by atoms with E-state index in [0.29, 0.717) is 73.4 Å². The Hall–Kier alpha value is -2.99. The molecule has 1 aliphatic heterocycles. The van der Waals surface area contributed by atoms with E-state index in [4.69, 9.17) is 18.9 Å². The first kappa shape index (κ1) is 25.1. The van der Waals surface area contributed by atoms with Crippen LogP contribution in [-0.2, 0) is 19.5 Å². The number of ether oxygens (including phenoxy) is 4. The number of sulfonamides is 1. The maximum Gasteiger partial charge on any atom is 0.245 e. The summed E-state index contributed by atoms with van der Waals surface area (Å²) < 4.78 is 50.0. The lowest BCUT2D eigenvalue weighted by atomic mass is 10.2. The zero-order chi connectivity index (χ0) is 24.7. The van der Waals surface area contributed by atoms with Crippen LogP contribution < -0.4 is 14.8 Å². The van der Waals surface area contributed by atoms with Crippen LogP contribution in [0.4, 0.5) is 11.5 Å². The lowest BCUT2D eigenvalue weighted by Gasteiger charge is -2.19. The molecule has 1 fully saturated rings. The summed E-state index contributed by atoms with van der Waals surface area (Å²) in [4.78, 5) is 8.98. The first-order valence-corrected chi connectivity index (χ1v) is 12.9. The molecule has 0 spiro atoms. The van der Waals surface area contributed by atoms with Crippen molar-refractivity contribution in [3.63, 3.8) is 0 Å². The van der Waals surface area contributed by atoms with Gasteiger partial charge in [-0.1, -0.05) is 12.1 Å². The minimum Gasteiger partial charge on any atom is -0.487 e. The SMILES string of the molecule is COCCOc1cc2ncnc(Nc3ccccc3S(=O)(=O)N3CCCC3)c2cc1OCCOC. The molecule has 0 radical (unpaired) electrons. The fourth-order valence-electron chi connectivity index (χ4n) is 3.85. The van der Waals surface area contributed by atoms with E-state index in [1.54, 1.807) is 50.6 Å². The zero-order valence-electron chi connectivity index (χ0n) is 19.9. The second-order valence-electron chi connectivity index (χ2n) is 7.95. The van der Waals surface area contributed by atoms with E-state index < -0.39 is 10.0 Å². The van der Waals surface area contributed by atoms with E-state index in [0.717, 1.165) is 12.8 Å². The summed E-state index contributed by atoms with van der Waals surface area (Å²) in [7, 11) is -0.424. The van der Waals surface area contributed by atoms with Crippen LogP contribution >= 0.6 is 0 Å². The van der Waals surface area contributed by atoms with Crippen molar-refractivity contribution in [2.24, 2.45) is 0 Å². The van der Waals surface area contributed by atoms with Crippen molar-refractivity contribution in [1.29, 1.82) is 0 Å². The third-order valence-corrected chi connectivity index (χ3v) is 7.57. The highest BCUT2D eigenvalue weighted by atomic mass is 32.2. The predicted molar refractivity (Wildman–Crippen MR) is 132 cm³/mol. The lowest BCUT2D eigenvalue weighted by Crippen LogP contribution is -2.28. The van der Waals surface area contributed by atoms with Crippen molar-refractivity contribution < 1.29 is 27.4 Å². The monoisotopic (exact) mass is 502 g/mol. The molecule has 0 amide bonds. The molecule has 4 rings (SSSR count). The fraction of sp³-hybridized carbons (Fsp3) is 0.417. The van der Waals surface area contributed by atoms with Crippen LogP contribution in [0.25, 0.3) is 10.9 Å². The average Bonchev–Trinajstić information content (AvgIpc) is 3.41. The summed E-state index contributed by atoms with van der Waals surface area (Å²) in [6, 6.07) is 10.4. The van der Waals surface area contributed by atoms with Crippen LogP contribution in [0.1, 0.15) is 12.8 Å². The first-order chi connectivity index (χ1) is 17.0. The number of benzene rings is 2. The largest absolute Gasteiger partial charge is 0.487 e. The quantitative estimate of drug-likeness (QED) is 0.373. The van der Waals surface area contributed by atoms with Gasteiger partial charge in [0.05, 0.1) is 24.4 Å². The van der Waals surface area contributed by atoms with Gasteiger partial charge in [0.2, 0.25) is 10.0 Å². The first-order valence-electron chi connectivity index (χ1n) is 11.4. The Balaban J connectivity index is 1.70. The summed E-state index contributed by atoms with van der Waals surface area (Å²) in [5, 5.41) is 3.87. The Kier molecular flexibility index (Phi) is 8.34. The molecule has 0 unspecified atom stereocenters. The number of para-hydroxylation sites is 1. The molecule has 2 aromatic carbocycles. The molecule has 2 heterocycles. The maximum atomic E-state index is 13.3. The molecular formula is C24H30N4O6S. The topological polar surface area (TPSA) is 112 Å². The summed E-state index contributed by atoms with van der Waals surface area (Å²) >= 11 is 0. The van der Waals surface area contributed by atoms with E-state index >= 15 is 0 Å². The minimum absolute atomic E-state index is 0.213. The molecule has 0 bridgehead atoms. The minimum atomic E-state index is -3.63. The molecule has 3 aromatic rings. The van der Waals surface area contributed by atoms with E-state index in [1.165, 1.54) is 10.6 Å². The van der Waals surface area contributed by atoms with Gasteiger partial charge in [-0.25, -0.2) is 18.4 Å². The van der Waals surface area contributed by atoms with E-state index in [2.05, 4.69) is 15.3 Å². The molecule has 1 N–H and O–H groups in total. The fourth-order valence-corrected chi connectivity index (χ4v) is 5.51. The second-order valence-corrected chi connectivity index (χ2v) is 9.86. The lowest BCUT2D eigenvalue weighted by molar-refractivity contribution is 0.132. The van der Waals surface area contributed by atoms with Gasteiger partial charge >= 0.3 is 0 Å². The molecular weight excluding hydrogens is 472 g/mol. The van der Waals surface area contributed by atoms with Crippen molar-refractivity contribution >= 4 is 32.4 Å². The standard InChI is InChI=1S/C24H30N4O6S/c1-31-11-13-33-21-15-18-20(16-22(21)34-14-12-32-2)25-17-26-24(18)27-19-7-3-4-8-23(19)35(29,30)28-9-5-6-10-28/h3-4,7-8,15-17H,5-6,9-14H2,1-2H3,(H,25,26,27). The van der Waals surface area contributed by atoms with Crippen LogP contribution in [0.15, 0.2) is 47.6 Å². The van der Waals surface area contributed by atoms with Gasteiger partial charge in [0, 0.05) is 38.8 Å². The Bertz CT molecular complexity index is 1250. The van der Waals surface area contributed by atoms with Gasteiger partial charge in [-0.15, -0.1) is 0 Å². The second kappa shape index (κ2) is 11.6. The number of fused-ring (bicyclic) bond motifs is 1. The van der Waals surface area contributed by atoms with Crippen LogP contribution in [-0.4, -0.2) is 76.4 Å². The highest BCUT2D eigenvalue weighted by Gasteiger charge is 2.29. The van der Waals surface area contributed by atoms with Crippen molar-refractivity contribution in [1.82, 2.24) is 14.3 Å². The van der Waals surface area contributed by atoms with Crippen molar-refractivity contribution in [3.05, 3.63) is 42.7 Å². The Morgan fingerprint density at radius 2 is 1.57 bits per heavy atom. The smallest absolute Gasteiger partial charge is 0.245 e. The third-order valence-electron chi connectivity index (χ3n) is 5.61. The number of nitrogens with zero attached hydrogens (tertiary/aromatic N) is 3. The summed E-state index contributed by atoms with van der Waals surface area (Å²) in [5.74, 6) is 1.48. The molecule has 1 aliphatic rings. The van der Waals surface area contributed by atoms with Crippen molar-refractivity contribution in [3.8, 4) is 11.5 Å². The highest BCUT2D eigenvalue weighted by Crippen LogP contribution is 2.36. The molecule has 0 aliphatic carbocycles. The zero-order valence-corrected chi connectivity index (χ0v) is 20.7. The van der Waals surface area contributed by atoms with Crippen LogP contribution in [0.2, 0.25) is 0 Å². The van der Waals surface area contributed by atoms with E-state index in [-0.39, 0.29) is 4.90 Å². The molecule has 10 nitrogen and oxygen atoms in total. The number of anilines is 2. The molecule has 1 aromatic heterocycles. The Labute approximate surface area is 205 Å². The van der Waals surface area contributed by atoms with Gasteiger partial charge < -0.3 is 24.3 Å². The van der Waals surface area contributed by atoms with Gasteiger partial charge in [0.15, 0.2) is 11.5 Å². The van der Waals surface area contributed by atoms with Gasteiger partial charge in [-0.3, -0.25) is 0 Å². The maximum absolute atomic E-state index is 13.3. The number of rotatable bonds is 12. The highest BCUT2D eigenvalue weighted by molar-refractivity contribution is 7.89. The molecule has 11 heteroatoms. The van der Waals surface area contributed by atoms with Gasteiger partial charge in [-0.05, 0) is 31.0 Å². The number of nitrogens with one attached hydrogen (secondary N) is 1.